The zero-order chi connectivity index (χ0) is 15.5. The number of esters is 1. The highest BCUT2D eigenvalue weighted by molar-refractivity contribution is 5.72. The van der Waals surface area contributed by atoms with Gasteiger partial charge in [-0.3, -0.25) is 9.69 Å². The second-order valence-corrected chi connectivity index (χ2v) is 5.49. The van der Waals surface area contributed by atoms with E-state index in [1.165, 1.54) is 6.07 Å². The van der Waals surface area contributed by atoms with E-state index in [0.29, 0.717) is 13.0 Å². The van der Waals surface area contributed by atoms with Crippen LogP contribution in [0.1, 0.15) is 44.7 Å². The second-order valence-electron chi connectivity index (χ2n) is 5.49. The van der Waals surface area contributed by atoms with Crippen molar-refractivity contribution in [1.82, 2.24) is 4.90 Å². The maximum absolute atomic E-state index is 13.5. The van der Waals surface area contributed by atoms with Crippen molar-refractivity contribution >= 4 is 5.97 Å². The molecule has 1 aromatic rings. The van der Waals surface area contributed by atoms with Crippen LogP contribution in [0.15, 0.2) is 18.2 Å². The number of hydrogen-bond acceptors (Lipinski definition) is 3. The summed E-state index contributed by atoms with van der Waals surface area (Å²) in [7, 11) is 0. The van der Waals surface area contributed by atoms with Gasteiger partial charge in [0.15, 0.2) is 0 Å². The maximum atomic E-state index is 13.5. The van der Waals surface area contributed by atoms with Crippen LogP contribution >= 0.6 is 0 Å². The fraction of sp³-hybridized carbons (Fsp3) is 0.588. The molecule has 0 amide bonds. The normalized spacial score (nSPS) is 20.6. The molecule has 0 spiro atoms. The van der Waals surface area contributed by atoms with Crippen LogP contribution in [0.25, 0.3) is 0 Å². The monoisotopic (exact) mass is 293 g/mol. The zero-order valence-corrected chi connectivity index (χ0v) is 13.1. The van der Waals surface area contributed by atoms with Crippen LogP contribution in [-0.4, -0.2) is 30.6 Å². The molecule has 3 nitrogen and oxygen atoms in total. The van der Waals surface area contributed by atoms with Gasteiger partial charge < -0.3 is 4.74 Å². The van der Waals surface area contributed by atoms with Crippen molar-refractivity contribution in [2.45, 2.75) is 45.6 Å². The molecule has 4 heteroatoms. The number of benzene rings is 1. The number of nitrogens with zero attached hydrogens (tertiary/aromatic N) is 1. The number of fused-ring (bicyclic) bond motifs is 1. The van der Waals surface area contributed by atoms with Gasteiger partial charge in [0.2, 0.25) is 0 Å². The smallest absolute Gasteiger partial charge is 0.308 e. The standard InChI is InChI=1S/C17H24FNO2/c1-4-19(5-2)17(12-16(20)21-6-3)10-9-13-11-14(18)7-8-15(13)17/h7-8,11H,4-6,9-10,12H2,1-3H3. The van der Waals surface area contributed by atoms with E-state index in [9.17, 15) is 9.18 Å². The first-order chi connectivity index (χ1) is 10.1. The molecule has 0 aliphatic heterocycles. The van der Waals surface area contributed by atoms with Gasteiger partial charge in [0, 0.05) is 0 Å². The first-order valence-electron chi connectivity index (χ1n) is 7.77. The summed E-state index contributed by atoms with van der Waals surface area (Å²) in [5.41, 5.74) is 1.76. The Hall–Kier alpha value is -1.42. The molecule has 1 unspecified atom stereocenters. The number of rotatable bonds is 6. The highest BCUT2D eigenvalue weighted by Gasteiger charge is 2.44. The number of ether oxygens (including phenoxy) is 1. The lowest BCUT2D eigenvalue weighted by Crippen LogP contribution is -2.46. The summed E-state index contributed by atoms with van der Waals surface area (Å²) < 4.78 is 18.6. The quantitative estimate of drug-likeness (QED) is 0.754. The van der Waals surface area contributed by atoms with Gasteiger partial charge in [0.25, 0.3) is 0 Å². The van der Waals surface area contributed by atoms with Crippen LogP contribution in [0.4, 0.5) is 4.39 Å². The first-order valence-corrected chi connectivity index (χ1v) is 7.77. The van der Waals surface area contributed by atoms with Crippen LogP contribution < -0.4 is 0 Å². The van der Waals surface area contributed by atoms with Crippen molar-refractivity contribution in [2.75, 3.05) is 19.7 Å². The van der Waals surface area contributed by atoms with Gasteiger partial charge >= 0.3 is 5.97 Å². The molecule has 0 saturated heterocycles. The molecular formula is C17H24FNO2. The third-order valence-corrected chi connectivity index (χ3v) is 4.49. The summed E-state index contributed by atoms with van der Waals surface area (Å²) >= 11 is 0. The number of carbonyl (C=O) groups excluding carboxylic acids is 1. The van der Waals surface area contributed by atoms with Gasteiger partial charge in [-0.1, -0.05) is 19.9 Å². The van der Waals surface area contributed by atoms with Gasteiger partial charge in [0.05, 0.1) is 18.6 Å². The highest BCUT2D eigenvalue weighted by Crippen LogP contribution is 2.44. The number of aryl methyl sites for hydroxylation is 1. The van der Waals surface area contributed by atoms with Crippen LogP contribution in [-0.2, 0) is 21.5 Å². The van der Waals surface area contributed by atoms with Crippen LogP contribution in [0, 0.1) is 5.82 Å². The Morgan fingerprint density at radius 3 is 2.67 bits per heavy atom. The van der Waals surface area contributed by atoms with Crippen molar-refractivity contribution in [3.8, 4) is 0 Å². The summed E-state index contributed by atoms with van der Waals surface area (Å²) in [5, 5.41) is 0. The Bertz CT molecular complexity index is 514. The first kappa shape index (κ1) is 16.0. The minimum atomic E-state index is -0.348. The molecule has 0 heterocycles. The molecule has 116 valence electrons. The Balaban J connectivity index is 2.42. The SMILES string of the molecule is CCOC(=O)CC1(N(CC)CC)CCc2cc(F)ccc21. The van der Waals surface area contributed by atoms with Crippen molar-refractivity contribution in [3.05, 3.63) is 35.1 Å². The summed E-state index contributed by atoms with van der Waals surface area (Å²) in [6.45, 7) is 8.11. The largest absolute Gasteiger partial charge is 0.466 e. The van der Waals surface area contributed by atoms with Crippen molar-refractivity contribution in [1.29, 1.82) is 0 Å². The summed E-state index contributed by atoms with van der Waals surface area (Å²) in [6, 6.07) is 4.94. The van der Waals surface area contributed by atoms with E-state index < -0.39 is 0 Å². The van der Waals surface area contributed by atoms with E-state index in [0.717, 1.165) is 37.1 Å². The topological polar surface area (TPSA) is 29.5 Å². The van der Waals surface area contributed by atoms with Crippen molar-refractivity contribution in [2.24, 2.45) is 0 Å². The van der Waals surface area contributed by atoms with E-state index >= 15 is 0 Å². The number of carbonyl (C=O) groups is 1. The third kappa shape index (κ3) is 2.95. The van der Waals surface area contributed by atoms with Gasteiger partial charge in [-0.25, -0.2) is 4.39 Å². The van der Waals surface area contributed by atoms with Crippen LogP contribution in [0.2, 0.25) is 0 Å². The third-order valence-electron chi connectivity index (χ3n) is 4.49. The fourth-order valence-electron chi connectivity index (χ4n) is 3.60. The molecule has 1 aromatic carbocycles. The molecule has 21 heavy (non-hydrogen) atoms. The number of hydrogen-bond donors (Lipinski definition) is 0. The van der Waals surface area contributed by atoms with Gasteiger partial charge in [-0.2, -0.15) is 0 Å². The second kappa shape index (κ2) is 6.56. The Morgan fingerprint density at radius 2 is 2.05 bits per heavy atom. The lowest BCUT2D eigenvalue weighted by molar-refractivity contribution is -0.147. The minimum Gasteiger partial charge on any atom is -0.466 e. The summed E-state index contributed by atoms with van der Waals surface area (Å²) in [4.78, 5) is 14.4. The molecule has 0 N–H and O–H groups in total. The summed E-state index contributed by atoms with van der Waals surface area (Å²) in [5.74, 6) is -0.387. The van der Waals surface area contributed by atoms with E-state index in [-0.39, 0.29) is 17.3 Å². The molecule has 1 atom stereocenters. The predicted molar refractivity (Wildman–Crippen MR) is 80.6 cm³/mol. The molecular weight excluding hydrogens is 269 g/mol. The lowest BCUT2D eigenvalue weighted by Gasteiger charge is -2.40. The summed E-state index contributed by atoms with van der Waals surface area (Å²) in [6.07, 6.45) is 1.98. The highest BCUT2D eigenvalue weighted by atomic mass is 19.1. The van der Waals surface area contributed by atoms with E-state index in [1.54, 1.807) is 6.07 Å². The average Bonchev–Trinajstić information content (AvgIpc) is 2.79. The molecule has 0 saturated carbocycles. The Labute approximate surface area is 126 Å². The van der Waals surface area contributed by atoms with E-state index in [4.69, 9.17) is 4.74 Å². The van der Waals surface area contributed by atoms with Gasteiger partial charge in [0.1, 0.15) is 5.82 Å². The molecule has 0 fully saturated rings. The molecule has 0 aromatic heterocycles. The van der Waals surface area contributed by atoms with Gasteiger partial charge in [-0.15, -0.1) is 0 Å². The molecule has 2 rings (SSSR count). The molecule has 1 aliphatic carbocycles. The minimum absolute atomic E-state index is 0.179. The predicted octanol–water partition coefficient (Wildman–Crippen LogP) is 3.26. The van der Waals surface area contributed by atoms with E-state index in [1.807, 2.05) is 13.0 Å². The Morgan fingerprint density at radius 1 is 1.33 bits per heavy atom. The number of halogens is 1. The molecule has 1 aliphatic rings. The Kier molecular flexibility index (Phi) is 4.99. The van der Waals surface area contributed by atoms with E-state index in [2.05, 4.69) is 18.7 Å². The molecule has 0 bridgehead atoms. The maximum Gasteiger partial charge on any atom is 0.308 e. The average molecular weight is 293 g/mol. The van der Waals surface area contributed by atoms with Crippen molar-refractivity contribution < 1.29 is 13.9 Å². The van der Waals surface area contributed by atoms with Crippen molar-refractivity contribution in [3.63, 3.8) is 0 Å². The van der Waals surface area contributed by atoms with Crippen LogP contribution in [0.5, 0.6) is 0 Å². The zero-order valence-electron chi connectivity index (χ0n) is 13.1. The lowest BCUT2D eigenvalue weighted by atomic mass is 9.86. The molecule has 0 radical (unpaired) electrons. The van der Waals surface area contributed by atoms with Gasteiger partial charge in [-0.05, 0) is 56.1 Å². The van der Waals surface area contributed by atoms with Crippen LogP contribution in [0.3, 0.4) is 0 Å². The fourth-order valence-corrected chi connectivity index (χ4v) is 3.60.